The number of hydrogen-bond donors (Lipinski definition) is 0. The summed E-state index contributed by atoms with van der Waals surface area (Å²) in [5, 5.41) is 0.666. The van der Waals surface area contributed by atoms with E-state index in [4.69, 9.17) is 11.6 Å². The number of anilines is 1. The summed E-state index contributed by atoms with van der Waals surface area (Å²) in [7, 11) is 0. The summed E-state index contributed by atoms with van der Waals surface area (Å²) in [6.07, 6.45) is 0. The summed E-state index contributed by atoms with van der Waals surface area (Å²) in [6, 6.07) is 16.0. The molecule has 0 aromatic heterocycles. The van der Waals surface area contributed by atoms with Crippen LogP contribution in [0.15, 0.2) is 57.9 Å². The standard InChI is InChI=1S/C19H20BrClN2OS/c1-14(25-18-8-2-15(20)3-9-18)19(24)23-12-10-22(11-13-23)17-6-4-16(21)5-7-17/h2-9,14H,10-13H2,1H3. The fourth-order valence-electron chi connectivity index (χ4n) is 2.86. The molecule has 3 rings (SSSR count). The summed E-state index contributed by atoms with van der Waals surface area (Å²) >= 11 is 11.0. The number of hydrogen-bond acceptors (Lipinski definition) is 3. The van der Waals surface area contributed by atoms with Crippen LogP contribution in [0.3, 0.4) is 0 Å². The van der Waals surface area contributed by atoms with Gasteiger partial charge in [0.1, 0.15) is 0 Å². The average Bonchev–Trinajstić information content (AvgIpc) is 2.64. The molecule has 1 aliphatic rings. The van der Waals surface area contributed by atoms with Gasteiger partial charge in [-0.15, -0.1) is 11.8 Å². The highest BCUT2D eigenvalue weighted by Crippen LogP contribution is 2.27. The molecular formula is C19H20BrClN2OS. The predicted octanol–water partition coefficient (Wildman–Crippen LogP) is 4.93. The van der Waals surface area contributed by atoms with Crippen molar-refractivity contribution in [2.75, 3.05) is 31.1 Å². The van der Waals surface area contributed by atoms with E-state index in [1.807, 2.05) is 60.4 Å². The highest BCUT2D eigenvalue weighted by molar-refractivity contribution is 9.10. The molecule has 0 aliphatic carbocycles. The molecule has 0 bridgehead atoms. The Morgan fingerprint density at radius 3 is 2.24 bits per heavy atom. The second-order valence-electron chi connectivity index (χ2n) is 6.00. The van der Waals surface area contributed by atoms with E-state index in [-0.39, 0.29) is 11.2 Å². The van der Waals surface area contributed by atoms with Crippen LogP contribution in [0.4, 0.5) is 5.69 Å². The molecule has 0 N–H and O–H groups in total. The van der Waals surface area contributed by atoms with Crippen LogP contribution in [0.2, 0.25) is 5.02 Å². The fourth-order valence-corrected chi connectivity index (χ4v) is 4.20. The Bertz CT molecular complexity index is 715. The third-order valence-electron chi connectivity index (χ3n) is 4.26. The van der Waals surface area contributed by atoms with Crippen molar-refractivity contribution in [2.24, 2.45) is 0 Å². The lowest BCUT2D eigenvalue weighted by atomic mass is 10.2. The molecule has 1 fully saturated rings. The topological polar surface area (TPSA) is 23.6 Å². The molecule has 0 radical (unpaired) electrons. The van der Waals surface area contributed by atoms with Gasteiger partial charge in [0.2, 0.25) is 5.91 Å². The molecule has 2 aromatic carbocycles. The maximum atomic E-state index is 12.7. The Balaban J connectivity index is 1.53. The number of thioether (sulfide) groups is 1. The first-order valence-corrected chi connectivity index (χ1v) is 10.3. The van der Waals surface area contributed by atoms with Crippen molar-refractivity contribution in [3.05, 3.63) is 58.0 Å². The van der Waals surface area contributed by atoms with Crippen LogP contribution < -0.4 is 4.90 Å². The summed E-state index contributed by atoms with van der Waals surface area (Å²) in [5.41, 5.74) is 1.16. The quantitative estimate of drug-likeness (QED) is 0.631. The van der Waals surface area contributed by atoms with E-state index in [2.05, 4.69) is 20.8 Å². The molecule has 2 aromatic rings. The van der Waals surface area contributed by atoms with Crippen molar-refractivity contribution < 1.29 is 4.79 Å². The maximum Gasteiger partial charge on any atom is 0.235 e. The molecule has 1 atom stereocenters. The number of carbonyl (C=O) groups is 1. The second kappa shape index (κ2) is 8.47. The number of benzene rings is 2. The van der Waals surface area contributed by atoms with Crippen LogP contribution in [0.1, 0.15) is 6.92 Å². The van der Waals surface area contributed by atoms with E-state index in [1.165, 1.54) is 0 Å². The lowest BCUT2D eigenvalue weighted by molar-refractivity contribution is -0.130. The normalized spacial score (nSPS) is 16.0. The predicted molar refractivity (Wildman–Crippen MR) is 110 cm³/mol. The molecule has 1 amide bonds. The first-order chi connectivity index (χ1) is 12.0. The van der Waals surface area contributed by atoms with Crippen molar-refractivity contribution in [1.82, 2.24) is 4.90 Å². The van der Waals surface area contributed by atoms with E-state index >= 15 is 0 Å². The van der Waals surface area contributed by atoms with Gasteiger partial charge in [0, 0.05) is 46.3 Å². The van der Waals surface area contributed by atoms with Crippen LogP contribution in [-0.4, -0.2) is 42.2 Å². The zero-order chi connectivity index (χ0) is 17.8. The van der Waals surface area contributed by atoms with Crippen LogP contribution in [-0.2, 0) is 4.79 Å². The Morgan fingerprint density at radius 1 is 1.04 bits per heavy atom. The first-order valence-electron chi connectivity index (χ1n) is 8.24. The van der Waals surface area contributed by atoms with Gasteiger partial charge in [-0.25, -0.2) is 0 Å². The van der Waals surface area contributed by atoms with Crippen molar-refractivity contribution in [1.29, 1.82) is 0 Å². The van der Waals surface area contributed by atoms with Gasteiger partial charge in [-0.05, 0) is 55.5 Å². The molecule has 1 heterocycles. The third kappa shape index (κ3) is 4.93. The van der Waals surface area contributed by atoms with Gasteiger partial charge in [0.25, 0.3) is 0 Å². The monoisotopic (exact) mass is 438 g/mol. The molecule has 132 valence electrons. The van der Waals surface area contributed by atoms with Gasteiger partial charge in [-0.1, -0.05) is 27.5 Å². The van der Waals surface area contributed by atoms with Crippen LogP contribution in [0.5, 0.6) is 0 Å². The van der Waals surface area contributed by atoms with Gasteiger partial charge >= 0.3 is 0 Å². The molecular weight excluding hydrogens is 420 g/mol. The highest BCUT2D eigenvalue weighted by Gasteiger charge is 2.25. The van der Waals surface area contributed by atoms with Crippen LogP contribution in [0.25, 0.3) is 0 Å². The number of amides is 1. The Morgan fingerprint density at radius 2 is 1.64 bits per heavy atom. The average molecular weight is 440 g/mol. The second-order valence-corrected chi connectivity index (χ2v) is 8.77. The molecule has 25 heavy (non-hydrogen) atoms. The fraction of sp³-hybridized carbons (Fsp3) is 0.316. The van der Waals surface area contributed by atoms with Crippen molar-refractivity contribution in [2.45, 2.75) is 17.1 Å². The summed E-state index contributed by atoms with van der Waals surface area (Å²) in [6.45, 7) is 5.20. The smallest absolute Gasteiger partial charge is 0.235 e. The van der Waals surface area contributed by atoms with Gasteiger partial charge in [-0.2, -0.15) is 0 Å². The zero-order valence-corrected chi connectivity index (χ0v) is 17.1. The molecule has 0 saturated carbocycles. The minimum absolute atomic E-state index is 0.0803. The minimum Gasteiger partial charge on any atom is -0.368 e. The van der Waals surface area contributed by atoms with Gasteiger partial charge in [0.15, 0.2) is 0 Å². The lowest BCUT2D eigenvalue weighted by Gasteiger charge is -2.37. The Labute approximate surface area is 166 Å². The molecule has 6 heteroatoms. The molecule has 1 aliphatic heterocycles. The number of halogens is 2. The minimum atomic E-state index is -0.0803. The molecule has 0 spiro atoms. The largest absolute Gasteiger partial charge is 0.368 e. The number of rotatable bonds is 4. The van der Waals surface area contributed by atoms with Crippen LogP contribution >= 0.6 is 39.3 Å². The molecule has 3 nitrogen and oxygen atoms in total. The summed E-state index contributed by atoms with van der Waals surface area (Å²) < 4.78 is 1.05. The van der Waals surface area contributed by atoms with E-state index in [9.17, 15) is 4.79 Å². The van der Waals surface area contributed by atoms with E-state index in [0.717, 1.165) is 46.3 Å². The number of piperazine rings is 1. The van der Waals surface area contributed by atoms with Gasteiger partial charge in [0.05, 0.1) is 5.25 Å². The number of nitrogens with zero attached hydrogens (tertiary/aromatic N) is 2. The highest BCUT2D eigenvalue weighted by atomic mass is 79.9. The Kier molecular flexibility index (Phi) is 6.31. The van der Waals surface area contributed by atoms with Crippen LogP contribution in [0, 0.1) is 0 Å². The van der Waals surface area contributed by atoms with E-state index in [1.54, 1.807) is 11.8 Å². The van der Waals surface area contributed by atoms with E-state index in [0.29, 0.717) is 0 Å². The van der Waals surface area contributed by atoms with E-state index < -0.39 is 0 Å². The third-order valence-corrected chi connectivity index (χ3v) is 6.14. The maximum absolute atomic E-state index is 12.7. The number of carbonyl (C=O) groups excluding carboxylic acids is 1. The summed E-state index contributed by atoms with van der Waals surface area (Å²) in [5.74, 6) is 0.212. The van der Waals surface area contributed by atoms with Crippen molar-refractivity contribution >= 4 is 50.9 Å². The summed E-state index contributed by atoms with van der Waals surface area (Å²) in [4.78, 5) is 18.1. The zero-order valence-electron chi connectivity index (χ0n) is 14.0. The van der Waals surface area contributed by atoms with Gasteiger partial charge in [-0.3, -0.25) is 4.79 Å². The van der Waals surface area contributed by atoms with Crippen molar-refractivity contribution in [3.63, 3.8) is 0 Å². The molecule has 1 unspecified atom stereocenters. The SMILES string of the molecule is CC(Sc1ccc(Br)cc1)C(=O)N1CCN(c2ccc(Cl)cc2)CC1. The lowest BCUT2D eigenvalue weighted by Crippen LogP contribution is -2.50. The first kappa shape index (κ1) is 18.6. The Hall–Kier alpha value is -1.17. The molecule has 1 saturated heterocycles. The van der Waals surface area contributed by atoms with Gasteiger partial charge < -0.3 is 9.80 Å². The van der Waals surface area contributed by atoms with Crippen molar-refractivity contribution in [3.8, 4) is 0 Å².